The Morgan fingerprint density at radius 3 is 2.05 bits per heavy atom. The number of furan rings is 1. The summed E-state index contributed by atoms with van der Waals surface area (Å²) in [4.78, 5) is 21.4. The van der Waals surface area contributed by atoms with Crippen LogP contribution in [0.1, 0.15) is 51.9 Å². The van der Waals surface area contributed by atoms with Crippen LogP contribution in [0.2, 0.25) is 0 Å². The number of nitrogens with two attached hydrogens (primary N) is 2. The first-order valence-corrected chi connectivity index (χ1v) is 7.55. The van der Waals surface area contributed by atoms with Crippen LogP contribution in [0, 0.1) is 5.92 Å². The summed E-state index contributed by atoms with van der Waals surface area (Å²) < 4.78 is 4.58. The fourth-order valence-electron chi connectivity index (χ4n) is 1.89. The molecule has 1 heterocycles. The second-order valence-electron chi connectivity index (χ2n) is 5.21. The number of hydrogen-bond donors (Lipinski definition) is 2. The molecule has 5 nitrogen and oxygen atoms in total. The van der Waals surface area contributed by atoms with Gasteiger partial charge in [0.25, 0.3) is 0 Å². The quantitative estimate of drug-likeness (QED) is 0.393. The molecule has 1 unspecified atom stereocenters. The summed E-state index contributed by atoms with van der Waals surface area (Å²) >= 11 is 0. The lowest BCUT2D eigenvalue weighted by Gasteiger charge is -2.23. The Bertz CT molecular complexity index is 333. The molecule has 0 spiro atoms. The molecule has 0 aliphatic carbocycles. The van der Waals surface area contributed by atoms with Crippen LogP contribution in [0.4, 0.5) is 0 Å². The molecule has 0 fully saturated rings. The first-order chi connectivity index (χ1) is 10.1. The Morgan fingerprint density at radius 2 is 1.62 bits per heavy atom. The van der Waals surface area contributed by atoms with E-state index in [0.29, 0.717) is 19.0 Å². The van der Waals surface area contributed by atoms with E-state index in [4.69, 9.17) is 11.5 Å². The highest BCUT2D eigenvalue weighted by molar-refractivity contribution is 5.71. The Hall–Kier alpha value is -1.46. The molecule has 5 heteroatoms. The summed E-state index contributed by atoms with van der Waals surface area (Å²) in [6, 6.07) is 3.67. The molecule has 0 aliphatic heterocycles. The van der Waals surface area contributed by atoms with E-state index in [1.54, 1.807) is 12.5 Å². The zero-order valence-electron chi connectivity index (χ0n) is 12.9. The topological polar surface area (TPSA) is 99.3 Å². The molecule has 0 aromatic carbocycles. The third-order valence-corrected chi connectivity index (χ3v) is 3.30. The average Bonchev–Trinajstić information content (AvgIpc) is 3.06. The largest absolute Gasteiger partial charge is 0.473 e. The summed E-state index contributed by atoms with van der Waals surface area (Å²) in [5.41, 5.74) is 9.53. The van der Waals surface area contributed by atoms with E-state index in [1.165, 1.54) is 25.7 Å². The van der Waals surface area contributed by atoms with Gasteiger partial charge < -0.3 is 20.7 Å². The van der Waals surface area contributed by atoms with E-state index < -0.39 is 11.6 Å². The first kappa shape index (κ1) is 19.5. The molecule has 1 rings (SSSR count). The molecule has 0 saturated heterocycles. The van der Waals surface area contributed by atoms with Crippen LogP contribution in [-0.2, 0) is 9.59 Å². The Balaban J connectivity index is 0.000000662. The van der Waals surface area contributed by atoms with Gasteiger partial charge in [-0.1, -0.05) is 45.4 Å². The van der Waals surface area contributed by atoms with Gasteiger partial charge in [-0.15, -0.1) is 0 Å². The molecule has 0 amide bonds. The summed E-state index contributed by atoms with van der Waals surface area (Å²) in [5.74, 6) is -0.559. The third kappa shape index (κ3) is 9.98. The van der Waals surface area contributed by atoms with E-state index in [-0.39, 0.29) is 0 Å². The maximum atomic E-state index is 10.8. The molecule has 0 saturated carbocycles. The van der Waals surface area contributed by atoms with Gasteiger partial charge in [0.2, 0.25) is 0 Å². The Morgan fingerprint density at radius 1 is 1.05 bits per heavy atom. The molecule has 4 N–H and O–H groups in total. The van der Waals surface area contributed by atoms with Gasteiger partial charge in [-0.3, -0.25) is 4.79 Å². The predicted molar refractivity (Wildman–Crippen MR) is 83.4 cm³/mol. The number of carbonyl (C=O) groups is 2. The normalized spacial score (nSPS) is 12.1. The highest BCUT2D eigenvalue weighted by Crippen LogP contribution is 2.15. The lowest BCUT2D eigenvalue weighted by Crippen LogP contribution is -2.57. The molecule has 21 heavy (non-hydrogen) atoms. The zero-order chi connectivity index (χ0) is 16.0. The maximum Gasteiger partial charge on any atom is 0.154 e. The van der Waals surface area contributed by atoms with Crippen molar-refractivity contribution in [2.24, 2.45) is 17.4 Å². The number of aldehydes is 2. The maximum absolute atomic E-state index is 10.8. The third-order valence-electron chi connectivity index (χ3n) is 3.30. The zero-order valence-corrected chi connectivity index (χ0v) is 12.9. The molecule has 1 aromatic heterocycles. The highest BCUT2D eigenvalue weighted by atomic mass is 16.3. The van der Waals surface area contributed by atoms with Crippen LogP contribution in [0.5, 0.6) is 0 Å². The van der Waals surface area contributed by atoms with Gasteiger partial charge in [0, 0.05) is 0 Å². The van der Waals surface area contributed by atoms with Crippen molar-refractivity contribution in [1.29, 1.82) is 0 Å². The lowest BCUT2D eigenvalue weighted by atomic mass is 9.91. The van der Waals surface area contributed by atoms with Gasteiger partial charge in [0.05, 0.1) is 18.4 Å². The van der Waals surface area contributed by atoms with Crippen molar-refractivity contribution >= 4 is 12.6 Å². The number of hydrogen-bond acceptors (Lipinski definition) is 5. The van der Waals surface area contributed by atoms with Crippen molar-refractivity contribution in [2.75, 3.05) is 0 Å². The number of carbonyl (C=O) groups excluding carboxylic acids is 2. The van der Waals surface area contributed by atoms with Gasteiger partial charge in [-0.2, -0.15) is 0 Å². The fraction of sp³-hybridized carbons (Fsp3) is 0.625. The van der Waals surface area contributed by atoms with Gasteiger partial charge in [0.15, 0.2) is 6.29 Å². The smallest absolute Gasteiger partial charge is 0.154 e. The average molecular weight is 296 g/mol. The van der Waals surface area contributed by atoms with E-state index in [9.17, 15) is 9.59 Å². The summed E-state index contributed by atoms with van der Waals surface area (Å²) in [5, 5.41) is 0. The molecule has 1 aromatic rings. The van der Waals surface area contributed by atoms with Crippen molar-refractivity contribution in [1.82, 2.24) is 0 Å². The van der Waals surface area contributed by atoms with Crippen molar-refractivity contribution in [3.8, 4) is 0 Å². The minimum atomic E-state index is -1.49. The summed E-state index contributed by atoms with van der Waals surface area (Å²) in [7, 11) is 0. The fourth-order valence-corrected chi connectivity index (χ4v) is 1.89. The van der Waals surface area contributed by atoms with Crippen molar-refractivity contribution in [3.05, 3.63) is 24.7 Å². The second-order valence-corrected chi connectivity index (χ2v) is 5.21. The first-order valence-electron chi connectivity index (χ1n) is 7.55. The van der Waals surface area contributed by atoms with Crippen LogP contribution in [-0.4, -0.2) is 18.2 Å². The van der Waals surface area contributed by atoms with E-state index >= 15 is 0 Å². The minimum Gasteiger partial charge on any atom is -0.473 e. The second kappa shape index (κ2) is 12.3. The molecule has 120 valence electrons. The van der Waals surface area contributed by atoms with E-state index in [1.807, 2.05) is 12.1 Å². The summed E-state index contributed by atoms with van der Waals surface area (Å²) in [6.07, 6.45) is 11.8. The van der Waals surface area contributed by atoms with Gasteiger partial charge in [-0.25, -0.2) is 0 Å². The molecular weight excluding hydrogens is 268 g/mol. The predicted octanol–water partition coefficient (Wildman–Crippen LogP) is 2.64. The van der Waals surface area contributed by atoms with Gasteiger partial charge >= 0.3 is 0 Å². The Kier molecular flexibility index (Phi) is 11.4. The SMILES string of the molecule is CCCCCCCCC(C=O)C(N)(N)C=O.c1ccoc1. The monoisotopic (exact) mass is 296 g/mol. The summed E-state index contributed by atoms with van der Waals surface area (Å²) in [6.45, 7) is 2.17. The Labute approximate surface area is 127 Å². The van der Waals surface area contributed by atoms with Crippen molar-refractivity contribution < 1.29 is 14.0 Å². The molecule has 0 radical (unpaired) electrons. The van der Waals surface area contributed by atoms with Gasteiger partial charge in [0.1, 0.15) is 11.9 Å². The van der Waals surface area contributed by atoms with Crippen molar-refractivity contribution in [3.63, 3.8) is 0 Å². The minimum absolute atomic E-state index is 0.461. The molecular formula is C16H28N2O3. The lowest BCUT2D eigenvalue weighted by molar-refractivity contribution is -0.120. The van der Waals surface area contributed by atoms with E-state index in [2.05, 4.69) is 11.3 Å². The molecule has 0 aliphatic rings. The number of rotatable bonds is 10. The van der Waals surface area contributed by atoms with Crippen LogP contribution in [0.15, 0.2) is 29.1 Å². The number of unbranched alkanes of at least 4 members (excludes halogenated alkanes) is 5. The van der Waals surface area contributed by atoms with E-state index in [0.717, 1.165) is 12.8 Å². The van der Waals surface area contributed by atoms with Crippen LogP contribution < -0.4 is 11.5 Å². The van der Waals surface area contributed by atoms with Crippen molar-refractivity contribution in [2.45, 2.75) is 57.5 Å². The van der Waals surface area contributed by atoms with Gasteiger partial charge in [-0.05, 0) is 18.6 Å². The standard InChI is InChI=1S/C12H24N2O2.C4H4O/c1-2-3-4-5-6-7-8-11(9-15)12(13,14)10-16;1-2-4-5-3-1/h9-11H,2-8,13-14H2,1H3;1-4H. The molecule has 1 atom stereocenters. The van der Waals surface area contributed by atoms with Crippen LogP contribution in [0.3, 0.4) is 0 Å². The van der Waals surface area contributed by atoms with Crippen LogP contribution in [0.25, 0.3) is 0 Å². The highest BCUT2D eigenvalue weighted by Gasteiger charge is 2.29. The molecule has 0 bridgehead atoms. The van der Waals surface area contributed by atoms with Crippen LogP contribution >= 0.6 is 0 Å².